The van der Waals surface area contributed by atoms with Gasteiger partial charge in [-0.3, -0.25) is 0 Å². The van der Waals surface area contributed by atoms with Crippen LogP contribution in [0.2, 0.25) is 0 Å². The van der Waals surface area contributed by atoms with E-state index in [1.807, 2.05) is 6.07 Å². The lowest BCUT2D eigenvalue weighted by Crippen LogP contribution is -2.24. The van der Waals surface area contributed by atoms with E-state index in [2.05, 4.69) is 29.0 Å². The molecule has 1 fully saturated rings. The van der Waals surface area contributed by atoms with E-state index in [1.165, 1.54) is 30.2 Å². The number of hydrogen-bond acceptors (Lipinski definition) is 2. The summed E-state index contributed by atoms with van der Waals surface area (Å²) in [7, 11) is 1.70. The highest BCUT2D eigenvalue weighted by Crippen LogP contribution is 2.23. The molecule has 1 aliphatic rings. The van der Waals surface area contributed by atoms with Crippen molar-refractivity contribution in [2.75, 3.05) is 13.7 Å². The molecule has 0 radical (unpaired) electrons. The van der Waals surface area contributed by atoms with Crippen LogP contribution in [0, 0.1) is 0 Å². The van der Waals surface area contributed by atoms with Crippen molar-refractivity contribution in [2.24, 2.45) is 0 Å². The Bertz CT molecular complexity index is 526. The normalized spacial score (nSPS) is 20.2. The number of aromatic nitrogens is 1. The molecule has 0 N–H and O–H groups in total. The Balaban J connectivity index is 1.83. The molecule has 1 aromatic carbocycles. The SMILES string of the molecule is COc1ccc2c(ccn2CC2CCCCO2)c1. The van der Waals surface area contributed by atoms with Gasteiger partial charge in [0.2, 0.25) is 0 Å². The van der Waals surface area contributed by atoms with Crippen molar-refractivity contribution in [3.8, 4) is 5.75 Å². The van der Waals surface area contributed by atoms with Crippen molar-refractivity contribution in [1.29, 1.82) is 0 Å². The zero-order chi connectivity index (χ0) is 12.4. The minimum absolute atomic E-state index is 0.372. The summed E-state index contributed by atoms with van der Waals surface area (Å²) in [6, 6.07) is 8.35. The summed E-state index contributed by atoms with van der Waals surface area (Å²) < 4.78 is 13.3. The third-order valence-electron chi connectivity index (χ3n) is 3.65. The van der Waals surface area contributed by atoms with Gasteiger partial charge in [0.1, 0.15) is 5.75 Å². The van der Waals surface area contributed by atoms with Crippen LogP contribution < -0.4 is 4.74 Å². The Morgan fingerprint density at radius 3 is 3.06 bits per heavy atom. The Morgan fingerprint density at radius 1 is 1.33 bits per heavy atom. The average Bonchev–Trinajstić information content (AvgIpc) is 2.82. The highest BCUT2D eigenvalue weighted by atomic mass is 16.5. The number of fused-ring (bicyclic) bond motifs is 1. The van der Waals surface area contributed by atoms with E-state index in [9.17, 15) is 0 Å². The summed E-state index contributed by atoms with van der Waals surface area (Å²) in [4.78, 5) is 0. The minimum atomic E-state index is 0.372. The summed E-state index contributed by atoms with van der Waals surface area (Å²) in [5, 5.41) is 1.23. The predicted octanol–water partition coefficient (Wildman–Crippen LogP) is 3.22. The van der Waals surface area contributed by atoms with Crippen LogP contribution in [0.15, 0.2) is 30.5 Å². The second-order valence-corrected chi connectivity index (χ2v) is 4.88. The maximum absolute atomic E-state index is 5.80. The second kappa shape index (κ2) is 5.02. The summed E-state index contributed by atoms with van der Waals surface area (Å²) in [5.41, 5.74) is 1.25. The van der Waals surface area contributed by atoms with Gasteiger partial charge in [0, 0.05) is 30.3 Å². The third kappa shape index (κ3) is 2.23. The van der Waals surface area contributed by atoms with Gasteiger partial charge >= 0.3 is 0 Å². The van der Waals surface area contributed by atoms with Gasteiger partial charge < -0.3 is 14.0 Å². The highest BCUT2D eigenvalue weighted by Gasteiger charge is 2.15. The lowest BCUT2D eigenvalue weighted by atomic mass is 10.1. The summed E-state index contributed by atoms with van der Waals surface area (Å²) >= 11 is 0. The van der Waals surface area contributed by atoms with Gasteiger partial charge in [-0.05, 0) is 43.5 Å². The number of nitrogens with zero attached hydrogens (tertiary/aromatic N) is 1. The monoisotopic (exact) mass is 245 g/mol. The molecule has 2 heterocycles. The molecule has 1 saturated heterocycles. The van der Waals surface area contributed by atoms with E-state index < -0.39 is 0 Å². The highest BCUT2D eigenvalue weighted by molar-refractivity contribution is 5.81. The zero-order valence-corrected chi connectivity index (χ0v) is 10.8. The van der Waals surface area contributed by atoms with E-state index in [4.69, 9.17) is 9.47 Å². The predicted molar refractivity (Wildman–Crippen MR) is 72.1 cm³/mol. The van der Waals surface area contributed by atoms with Gasteiger partial charge in [-0.1, -0.05) is 0 Å². The van der Waals surface area contributed by atoms with Crippen LogP contribution in [0.25, 0.3) is 10.9 Å². The molecule has 0 saturated carbocycles. The first-order valence-corrected chi connectivity index (χ1v) is 6.61. The molecule has 1 aliphatic heterocycles. The van der Waals surface area contributed by atoms with Crippen molar-refractivity contribution >= 4 is 10.9 Å². The van der Waals surface area contributed by atoms with E-state index in [-0.39, 0.29) is 0 Å². The standard InChI is InChI=1S/C15H19NO2/c1-17-13-5-6-15-12(10-13)7-8-16(15)11-14-4-2-3-9-18-14/h5-8,10,14H,2-4,9,11H2,1H3. The molecule has 18 heavy (non-hydrogen) atoms. The largest absolute Gasteiger partial charge is 0.497 e. The summed E-state index contributed by atoms with van der Waals surface area (Å²) in [6.45, 7) is 1.87. The van der Waals surface area contributed by atoms with Crippen LogP contribution >= 0.6 is 0 Å². The lowest BCUT2D eigenvalue weighted by molar-refractivity contribution is 0.00670. The van der Waals surface area contributed by atoms with Crippen molar-refractivity contribution in [3.63, 3.8) is 0 Å². The molecule has 0 spiro atoms. The molecule has 3 heteroatoms. The van der Waals surface area contributed by atoms with Gasteiger partial charge in [0.15, 0.2) is 0 Å². The first kappa shape index (κ1) is 11.6. The maximum Gasteiger partial charge on any atom is 0.119 e. The Kier molecular flexibility index (Phi) is 3.24. The molecule has 3 rings (SSSR count). The Morgan fingerprint density at radius 2 is 2.28 bits per heavy atom. The Hall–Kier alpha value is -1.48. The van der Waals surface area contributed by atoms with Crippen LogP contribution in [-0.2, 0) is 11.3 Å². The number of methoxy groups -OCH3 is 1. The van der Waals surface area contributed by atoms with Gasteiger partial charge in [-0.25, -0.2) is 0 Å². The fraction of sp³-hybridized carbons (Fsp3) is 0.467. The second-order valence-electron chi connectivity index (χ2n) is 4.88. The fourth-order valence-corrected chi connectivity index (χ4v) is 2.64. The average molecular weight is 245 g/mol. The van der Waals surface area contributed by atoms with E-state index in [0.717, 1.165) is 18.9 Å². The minimum Gasteiger partial charge on any atom is -0.497 e. The van der Waals surface area contributed by atoms with Crippen molar-refractivity contribution in [1.82, 2.24) is 4.57 Å². The quantitative estimate of drug-likeness (QED) is 0.829. The third-order valence-corrected chi connectivity index (χ3v) is 3.65. The van der Waals surface area contributed by atoms with Gasteiger partial charge in [0.05, 0.1) is 13.2 Å². The molecule has 1 atom stereocenters. The van der Waals surface area contributed by atoms with Crippen molar-refractivity contribution < 1.29 is 9.47 Å². The van der Waals surface area contributed by atoms with Gasteiger partial charge in [0.25, 0.3) is 0 Å². The van der Waals surface area contributed by atoms with E-state index in [1.54, 1.807) is 7.11 Å². The molecular weight excluding hydrogens is 226 g/mol. The van der Waals surface area contributed by atoms with Crippen LogP contribution in [-0.4, -0.2) is 24.4 Å². The van der Waals surface area contributed by atoms with Crippen LogP contribution in [0.1, 0.15) is 19.3 Å². The van der Waals surface area contributed by atoms with Crippen LogP contribution in [0.3, 0.4) is 0 Å². The summed E-state index contributed by atoms with van der Waals surface area (Å²) in [5.74, 6) is 0.911. The summed E-state index contributed by atoms with van der Waals surface area (Å²) in [6.07, 6.45) is 6.19. The number of ether oxygens (including phenoxy) is 2. The molecule has 96 valence electrons. The first-order valence-electron chi connectivity index (χ1n) is 6.61. The van der Waals surface area contributed by atoms with Gasteiger partial charge in [-0.15, -0.1) is 0 Å². The van der Waals surface area contributed by atoms with E-state index >= 15 is 0 Å². The fourth-order valence-electron chi connectivity index (χ4n) is 2.64. The number of hydrogen-bond donors (Lipinski definition) is 0. The lowest BCUT2D eigenvalue weighted by Gasteiger charge is -2.23. The van der Waals surface area contributed by atoms with Crippen LogP contribution in [0.4, 0.5) is 0 Å². The smallest absolute Gasteiger partial charge is 0.119 e. The van der Waals surface area contributed by atoms with Crippen molar-refractivity contribution in [3.05, 3.63) is 30.5 Å². The Labute approximate surface area is 107 Å². The number of benzene rings is 1. The molecule has 3 nitrogen and oxygen atoms in total. The topological polar surface area (TPSA) is 23.4 Å². The molecule has 0 bridgehead atoms. The first-order chi connectivity index (χ1) is 8.86. The molecule has 1 unspecified atom stereocenters. The van der Waals surface area contributed by atoms with Crippen LogP contribution in [0.5, 0.6) is 5.75 Å². The zero-order valence-electron chi connectivity index (χ0n) is 10.8. The molecule has 2 aromatic rings. The van der Waals surface area contributed by atoms with Crippen molar-refractivity contribution in [2.45, 2.75) is 31.9 Å². The molecule has 0 amide bonds. The maximum atomic E-state index is 5.80. The molecule has 1 aromatic heterocycles. The van der Waals surface area contributed by atoms with E-state index in [0.29, 0.717) is 6.10 Å². The molecule has 0 aliphatic carbocycles. The number of rotatable bonds is 3. The molecular formula is C15H19NO2. The van der Waals surface area contributed by atoms with Gasteiger partial charge in [-0.2, -0.15) is 0 Å².